The molecule has 0 saturated heterocycles. The Morgan fingerprint density at radius 3 is 2.58 bits per heavy atom. The van der Waals surface area contributed by atoms with Gasteiger partial charge in [-0.1, -0.05) is 78.0 Å². The van der Waals surface area contributed by atoms with Crippen molar-refractivity contribution in [1.29, 1.82) is 0 Å². The Morgan fingerprint density at radius 1 is 0.968 bits per heavy atom. The van der Waals surface area contributed by atoms with E-state index in [1.54, 1.807) is 12.1 Å². The second kappa shape index (κ2) is 8.35. The SMILES string of the molecule is Cc1ccc(C2Nc3ccccc3-c3nnc(SCc4ccccc4F)nc3O2)cc1. The molecule has 1 aliphatic heterocycles. The Labute approximate surface area is 183 Å². The minimum Gasteiger partial charge on any atom is -0.448 e. The summed E-state index contributed by atoms with van der Waals surface area (Å²) in [5.74, 6) is 0.559. The van der Waals surface area contributed by atoms with Crippen molar-refractivity contribution >= 4 is 17.4 Å². The van der Waals surface area contributed by atoms with E-state index in [0.717, 1.165) is 16.8 Å². The summed E-state index contributed by atoms with van der Waals surface area (Å²) in [7, 11) is 0. The van der Waals surface area contributed by atoms with Gasteiger partial charge >= 0.3 is 0 Å². The molecule has 1 N–H and O–H groups in total. The lowest BCUT2D eigenvalue weighted by molar-refractivity contribution is 0.225. The second-order valence-electron chi connectivity index (χ2n) is 7.23. The summed E-state index contributed by atoms with van der Waals surface area (Å²) in [6.07, 6.45) is -0.427. The fourth-order valence-corrected chi connectivity index (χ4v) is 4.12. The zero-order valence-electron chi connectivity index (χ0n) is 16.7. The maximum atomic E-state index is 13.9. The Morgan fingerprint density at radius 2 is 1.74 bits per heavy atom. The third-order valence-electron chi connectivity index (χ3n) is 5.03. The van der Waals surface area contributed by atoms with E-state index < -0.39 is 6.23 Å². The van der Waals surface area contributed by atoms with Gasteiger partial charge in [-0.05, 0) is 24.6 Å². The number of ether oxygens (including phenoxy) is 1. The number of rotatable bonds is 4. The molecule has 5 nitrogen and oxygen atoms in total. The lowest BCUT2D eigenvalue weighted by atomic mass is 10.1. The van der Waals surface area contributed by atoms with Crippen molar-refractivity contribution in [2.75, 3.05) is 5.32 Å². The van der Waals surface area contributed by atoms with Crippen LogP contribution in [-0.4, -0.2) is 15.2 Å². The quantitative estimate of drug-likeness (QED) is 0.414. The average molecular weight is 431 g/mol. The van der Waals surface area contributed by atoms with E-state index in [4.69, 9.17) is 4.74 Å². The molecule has 0 bridgehead atoms. The van der Waals surface area contributed by atoms with E-state index in [0.29, 0.717) is 28.0 Å². The molecule has 0 amide bonds. The van der Waals surface area contributed by atoms with Gasteiger partial charge in [0.2, 0.25) is 11.0 Å². The number of para-hydroxylation sites is 1. The number of hydrogen-bond acceptors (Lipinski definition) is 6. The molecule has 0 fully saturated rings. The second-order valence-corrected chi connectivity index (χ2v) is 8.17. The molecule has 0 radical (unpaired) electrons. The molecule has 0 saturated carbocycles. The highest BCUT2D eigenvalue weighted by molar-refractivity contribution is 7.98. The number of aryl methyl sites for hydroxylation is 1. The van der Waals surface area contributed by atoms with Crippen LogP contribution in [0.5, 0.6) is 5.88 Å². The molecule has 1 unspecified atom stereocenters. The number of benzene rings is 3. The van der Waals surface area contributed by atoms with Crippen molar-refractivity contribution in [3.63, 3.8) is 0 Å². The first-order valence-electron chi connectivity index (χ1n) is 9.87. The van der Waals surface area contributed by atoms with Crippen LogP contribution in [0.15, 0.2) is 78.0 Å². The first kappa shape index (κ1) is 19.5. The number of fused-ring (bicyclic) bond motifs is 3. The van der Waals surface area contributed by atoms with Gasteiger partial charge in [0.25, 0.3) is 0 Å². The number of aromatic nitrogens is 3. The first-order chi connectivity index (χ1) is 15.2. The highest BCUT2D eigenvalue weighted by atomic mass is 32.2. The van der Waals surface area contributed by atoms with E-state index in [1.807, 2.05) is 61.5 Å². The van der Waals surface area contributed by atoms with E-state index in [1.165, 1.54) is 23.4 Å². The maximum absolute atomic E-state index is 13.9. The third kappa shape index (κ3) is 4.09. The maximum Gasteiger partial charge on any atom is 0.247 e. The molecule has 1 atom stereocenters. The van der Waals surface area contributed by atoms with Crippen molar-refractivity contribution in [2.24, 2.45) is 0 Å². The monoisotopic (exact) mass is 430 g/mol. The summed E-state index contributed by atoms with van der Waals surface area (Å²) in [4.78, 5) is 4.61. The molecule has 0 aliphatic carbocycles. The largest absolute Gasteiger partial charge is 0.448 e. The average Bonchev–Trinajstić information content (AvgIpc) is 2.95. The van der Waals surface area contributed by atoms with Crippen LogP contribution in [-0.2, 0) is 5.75 Å². The number of nitrogens with one attached hydrogen (secondary N) is 1. The number of anilines is 1. The Kier molecular flexibility index (Phi) is 5.26. The van der Waals surface area contributed by atoms with Gasteiger partial charge in [0.1, 0.15) is 5.82 Å². The van der Waals surface area contributed by atoms with Crippen molar-refractivity contribution in [2.45, 2.75) is 24.1 Å². The molecule has 5 rings (SSSR count). The van der Waals surface area contributed by atoms with Crippen LogP contribution in [0.3, 0.4) is 0 Å². The number of hydrogen-bond donors (Lipinski definition) is 1. The van der Waals surface area contributed by atoms with Crippen molar-refractivity contribution in [1.82, 2.24) is 15.2 Å². The fraction of sp³-hybridized carbons (Fsp3) is 0.125. The van der Waals surface area contributed by atoms with Gasteiger partial charge < -0.3 is 10.1 Å². The van der Waals surface area contributed by atoms with E-state index >= 15 is 0 Å². The third-order valence-corrected chi connectivity index (χ3v) is 5.91. The number of thioether (sulfide) groups is 1. The molecule has 3 aromatic carbocycles. The Bertz CT molecular complexity index is 1230. The minimum atomic E-state index is -0.427. The molecule has 2 heterocycles. The van der Waals surface area contributed by atoms with Crippen LogP contribution in [0, 0.1) is 12.7 Å². The lowest BCUT2D eigenvalue weighted by Crippen LogP contribution is -2.17. The van der Waals surface area contributed by atoms with Crippen LogP contribution < -0.4 is 10.1 Å². The summed E-state index contributed by atoms with van der Waals surface area (Å²) < 4.78 is 20.2. The highest BCUT2D eigenvalue weighted by Crippen LogP contribution is 2.39. The number of halogens is 1. The van der Waals surface area contributed by atoms with Gasteiger partial charge in [0, 0.05) is 22.6 Å². The zero-order valence-corrected chi connectivity index (χ0v) is 17.6. The van der Waals surface area contributed by atoms with Gasteiger partial charge in [-0.25, -0.2) is 4.39 Å². The van der Waals surface area contributed by atoms with Gasteiger partial charge in [-0.3, -0.25) is 0 Å². The summed E-state index contributed by atoms with van der Waals surface area (Å²) in [6, 6.07) is 22.7. The predicted octanol–water partition coefficient (Wildman–Crippen LogP) is 5.78. The molecule has 0 spiro atoms. The molecule has 1 aromatic heterocycles. The molecule has 154 valence electrons. The smallest absolute Gasteiger partial charge is 0.247 e. The first-order valence-corrected chi connectivity index (χ1v) is 10.9. The number of nitrogens with zero attached hydrogens (tertiary/aromatic N) is 3. The summed E-state index contributed by atoms with van der Waals surface area (Å²) >= 11 is 1.32. The van der Waals surface area contributed by atoms with E-state index in [2.05, 4.69) is 20.5 Å². The highest BCUT2D eigenvalue weighted by Gasteiger charge is 2.26. The molecule has 7 heteroatoms. The normalized spacial score (nSPS) is 14.6. The van der Waals surface area contributed by atoms with E-state index in [-0.39, 0.29) is 5.82 Å². The van der Waals surface area contributed by atoms with Crippen molar-refractivity contribution in [3.05, 3.63) is 95.3 Å². The topological polar surface area (TPSA) is 59.9 Å². The van der Waals surface area contributed by atoms with Gasteiger partial charge in [0.15, 0.2) is 11.9 Å². The molecule has 1 aliphatic rings. The van der Waals surface area contributed by atoms with Crippen molar-refractivity contribution < 1.29 is 9.13 Å². The predicted molar refractivity (Wildman–Crippen MR) is 119 cm³/mol. The van der Waals surface area contributed by atoms with Crippen LogP contribution in [0.2, 0.25) is 0 Å². The molecular weight excluding hydrogens is 411 g/mol. The molecular formula is C24H19FN4OS. The van der Waals surface area contributed by atoms with Crippen LogP contribution >= 0.6 is 11.8 Å². The van der Waals surface area contributed by atoms with Crippen LogP contribution in [0.1, 0.15) is 22.9 Å². The van der Waals surface area contributed by atoms with Crippen LogP contribution in [0.25, 0.3) is 11.3 Å². The minimum absolute atomic E-state index is 0.244. The van der Waals surface area contributed by atoms with E-state index in [9.17, 15) is 4.39 Å². The summed E-state index contributed by atoms with van der Waals surface area (Å²) in [5.41, 5.74) is 5.10. The Hall–Kier alpha value is -3.45. The lowest BCUT2D eigenvalue weighted by Gasteiger charge is -2.19. The molecule has 4 aromatic rings. The molecule has 31 heavy (non-hydrogen) atoms. The van der Waals surface area contributed by atoms with Crippen LogP contribution in [0.4, 0.5) is 10.1 Å². The Balaban J connectivity index is 1.49. The fourth-order valence-electron chi connectivity index (χ4n) is 3.36. The van der Waals surface area contributed by atoms with Crippen molar-refractivity contribution in [3.8, 4) is 17.1 Å². The summed E-state index contributed by atoms with van der Waals surface area (Å²) in [6.45, 7) is 2.05. The van der Waals surface area contributed by atoms with Gasteiger partial charge in [-0.15, -0.1) is 10.2 Å². The summed E-state index contributed by atoms with van der Waals surface area (Å²) in [5, 5.41) is 12.5. The van der Waals surface area contributed by atoms with Gasteiger partial charge in [0.05, 0.1) is 0 Å². The zero-order chi connectivity index (χ0) is 21.2. The van der Waals surface area contributed by atoms with Gasteiger partial charge in [-0.2, -0.15) is 4.98 Å². The standard InChI is InChI=1S/C24H19FN4OS/c1-15-10-12-16(13-11-15)22-26-20-9-5-3-7-18(20)21-23(30-22)27-24(29-28-21)31-14-17-6-2-4-8-19(17)25/h2-13,22,26H,14H2,1H3.